The lowest BCUT2D eigenvalue weighted by Gasteiger charge is -2.29. The predicted molar refractivity (Wildman–Crippen MR) is 78.0 cm³/mol. The molecular formula is C15H29N3O. The second-order valence-electron chi connectivity index (χ2n) is 6.10. The lowest BCUT2D eigenvalue weighted by atomic mass is 9.90. The molecule has 2 aliphatic heterocycles. The monoisotopic (exact) mass is 267 g/mol. The van der Waals surface area contributed by atoms with Gasteiger partial charge in [-0.1, -0.05) is 20.3 Å². The van der Waals surface area contributed by atoms with Gasteiger partial charge in [-0.2, -0.15) is 0 Å². The predicted octanol–water partition coefficient (Wildman–Crippen LogP) is 1.22. The van der Waals surface area contributed by atoms with Crippen molar-refractivity contribution >= 4 is 5.91 Å². The molecule has 0 spiro atoms. The van der Waals surface area contributed by atoms with E-state index in [9.17, 15) is 4.79 Å². The Morgan fingerprint density at radius 3 is 2.84 bits per heavy atom. The van der Waals surface area contributed by atoms with E-state index in [1.54, 1.807) is 0 Å². The highest BCUT2D eigenvalue weighted by Gasteiger charge is 2.27. The molecule has 0 aromatic carbocycles. The molecule has 19 heavy (non-hydrogen) atoms. The maximum atomic E-state index is 12.2. The largest absolute Gasteiger partial charge is 0.354 e. The number of carbonyl (C=O) groups is 1. The van der Waals surface area contributed by atoms with E-state index in [1.165, 1.54) is 25.8 Å². The summed E-state index contributed by atoms with van der Waals surface area (Å²) < 4.78 is 0. The van der Waals surface area contributed by atoms with Crippen LogP contribution >= 0.6 is 0 Å². The standard InChI is InChI=1S/C15H29N3O/c1-3-12-5-7-16-14(9-12)15(19)17-10-13-6-8-18(4-2)11-13/h12-14,16H,3-11H2,1-2H3,(H,17,19). The van der Waals surface area contributed by atoms with Gasteiger partial charge in [0.25, 0.3) is 0 Å². The Bertz CT molecular complexity index is 295. The van der Waals surface area contributed by atoms with Crippen molar-refractivity contribution in [3.05, 3.63) is 0 Å². The fourth-order valence-corrected chi connectivity index (χ4v) is 3.30. The van der Waals surface area contributed by atoms with E-state index < -0.39 is 0 Å². The van der Waals surface area contributed by atoms with Crippen LogP contribution in [0.25, 0.3) is 0 Å². The number of nitrogens with zero attached hydrogens (tertiary/aromatic N) is 1. The summed E-state index contributed by atoms with van der Waals surface area (Å²) in [6, 6.07) is 0.0439. The van der Waals surface area contributed by atoms with Crippen LogP contribution in [-0.4, -0.2) is 49.6 Å². The Balaban J connectivity index is 1.69. The molecule has 0 bridgehead atoms. The molecule has 2 heterocycles. The van der Waals surface area contributed by atoms with Crippen LogP contribution in [0.5, 0.6) is 0 Å². The van der Waals surface area contributed by atoms with Gasteiger partial charge in [0.1, 0.15) is 0 Å². The van der Waals surface area contributed by atoms with Crippen molar-refractivity contribution in [2.24, 2.45) is 11.8 Å². The molecule has 2 rings (SSSR count). The van der Waals surface area contributed by atoms with Crippen LogP contribution in [0.15, 0.2) is 0 Å². The lowest BCUT2D eigenvalue weighted by Crippen LogP contribution is -2.49. The van der Waals surface area contributed by atoms with Crippen LogP contribution in [0.2, 0.25) is 0 Å². The zero-order chi connectivity index (χ0) is 13.7. The first-order valence-electron chi connectivity index (χ1n) is 7.96. The molecule has 2 N–H and O–H groups in total. The van der Waals surface area contributed by atoms with Crippen molar-refractivity contribution in [1.29, 1.82) is 0 Å². The number of rotatable bonds is 5. The van der Waals surface area contributed by atoms with Crippen molar-refractivity contribution in [2.75, 3.05) is 32.7 Å². The molecule has 0 aromatic rings. The van der Waals surface area contributed by atoms with Crippen molar-refractivity contribution in [3.63, 3.8) is 0 Å². The molecular weight excluding hydrogens is 238 g/mol. The fourth-order valence-electron chi connectivity index (χ4n) is 3.30. The number of nitrogens with one attached hydrogen (secondary N) is 2. The van der Waals surface area contributed by atoms with Gasteiger partial charge in [-0.05, 0) is 50.7 Å². The van der Waals surface area contributed by atoms with E-state index in [-0.39, 0.29) is 11.9 Å². The first kappa shape index (κ1) is 14.8. The average Bonchev–Trinajstić information content (AvgIpc) is 2.93. The maximum Gasteiger partial charge on any atom is 0.237 e. The minimum atomic E-state index is 0.0439. The van der Waals surface area contributed by atoms with Gasteiger partial charge in [-0.3, -0.25) is 4.79 Å². The van der Waals surface area contributed by atoms with Gasteiger partial charge in [0.2, 0.25) is 5.91 Å². The number of carbonyl (C=O) groups excluding carboxylic acids is 1. The number of hydrogen-bond donors (Lipinski definition) is 2. The summed E-state index contributed by atoms with van der Waals surface area (Å²) in [5.74, 6) is 1.58. The topological polar surface area (TPSA) is 44.4 Å². The summed E-state index contributed by atoms with van der Waals surface area (Å²) in [4.78, 5) is 14.6. The van der Waals surface area contributed by atoms with Crippen molar-refractivity contribution in [3.8, 4) is 0 Å². The summed E-state index contributed by atoms with van der Waals surface area (Å²) >= 11 is 0. The fraction of sp³-hybridized carbons (Fsp3) is 0.933. The third-order valence-corrected chi connectivity index (χ3v) is 4.79. The third-order valence-electron chi connectivity index (χ3n) is 4.79. The molecule has 0 aliphatic carbocycles. The summed E-state index contributed by atoms with van der Waals surface area (Å²) in [6.45, 7) is 9.74. The van der Waals surface area contributed by atoms with Crippen LogP contribution < -0.4 is 10.6 Å². The van der Waals surface area contributed by atoms with Gasteiger partial charge in [0.15, 0.2) is 0 Å². The van der Waals surface area contributed by atoms with Crippen LogP contribution in [-0.2, 0) is 4.79 Å². The zero-order valence-electron chi connectivity index (χ0n) is 12.5. The molecule has 110 valence electrons. The van der Waals surface area contributed by atoms with Crippen LogP contribution in [0.3, 0.4) is 0 Å². The average molecular weight is 267 g/mol. The highest BCUT2D eigenvalue weighted by molar-refractivity contribution is 5.81. The Morgan fingerprint density at radius 2 is 2.16 bits per heavy atom. The molecule has 4 heteroatoms. The van der Waals surface area contributed by atoms with Crippen molar-refractivity contribution in [1.82, 2.24) is 15.5 Å². The molecule has 3 unspecified atom stereocenters. The quantitative estimate of drug-likeness (QED) is 0.787. The van der Waals surface area contributed by atoms with E-state index in [0.717, 1.165) is 38.5 Å². The molecule has 1 amide bonds. The number of piperidine rings is 1. The van der Waals surface area contributed by atoms with E-state index >= 15 is 0 Å². The molecule has 2 saturated heterocycles. The molecule has 0 aromatic heterocycles. The zero-order valence-corrected chi connectivity index (χ0v) is 12.5. The molecule has 3 atom stereocenters. The summed E-state index contributed by atoms with van der Waals surface area (Å²) in [5, 5.41) is 6.51. The first-order chi connectivity index (χ1) is 9.22. The highest BCUT2D eigenvalue weighted by Crippen LogP contribution is 2.19. The van der Waals surface area contributed by atoms with Crippen molar-refractivity contribution < 1.29 is 4.79 Å². The van der Waals surface area contributed by atoms with Crippen LogP contribution in [0.4, 0.5) is 0 Å². The van der Waals surface area contributed by atoms with Crippen LogP contribution in [0.1, 0.15) is 39.5 Å². The van der Waals surface area contributed by atoms with Gasteiger partial charge in [-0.15, -0.1) is 0 Å². The van der Waals surface area contributed by atoms with Gasteiger partial charge in [-0.25, -0.2) is 0 Å². The molecule has 2 fully saturated rings. The highest BCUT2D eigenvalue weighted by atomic mass is 16.2. The van der Waals surface area contributed by atoms with Gasteiger partial charge in [0.05, 0.1) is 6.04 Å². The lowest BCUT2D eigenvalue weighted by molar-refractivity contribution is -0.124. The minimum absolute atomic E-state index is 0.0439. The maximum absolute atomic E-state index is 12.2. The second-order valence-corrected chi connectivity index (χ2v) is 6.10. The second kappa shape index (κ2) is 7.25. The van der Waals surface area contributed by atoms with Gasteiger partial charge < -0.3 is 15.5 Å². The minimum Gasteiger partial charge on any atom is -0.354 e. The Hall–Kier alpha value is -0.610. The van der Waals surface area contributed by atoms with Crippen LogP contribution in [0, 0.1) is 11.8 Å². The Labute approximate surface area is 117 Å². The molecule has 4 nitrogen and oxygen atoms in total. The molecule has 0 saturated carbocycles. The number of amides is 1. The number of likely N-dealkylation sites (tertiary alicyclic amines) is 1. The van der Waals surface area contributed by atoms with Gasteiger partial charge >= 0.3 is 0 Å². The summed E-state index contributed by atoms with van der Waals surface area (Å²) in [7, 11) is 0. The number of hydrogen-bond acceptors (Lipinski definition) is 3. The van der Waals surface area contributed by atoms with Gasteiger partial charge in [0, 0.05) is 13.1 Å². The van der Waals surface area contributed by atoms with E-state index in [2.05, 4.69) is 29.4 Å². The SMILES string of the molecule is CCC1CCNC(C(=O)NCC2CCN(CC)C2)C1. The van der Waals surface area contributed by atoms with E-state index in [1.807, 2.05) is 0 Å². The van der Waals surface area contributed by atoms with E-state index in [0.29, 0.717) is 5.92 Å². The Morgan fingerprint density at radius 1 is 1.32 bits per heavy atom. The van der Waals surface area contributed by atoms with E-state index in [4.69, 9.17) is 0 Å². The van der Waals surface area contributed by atoms with Crippen molar-refractivity contribution in [2.45, 2.75) is 45.6 Å². The summed E-state index contributed by atoms with van der Waals surface area (Å²) in [5.41, 5.74) is 0. The molecule has 0 radical (unpaired) electrons. The smallest absolute Gasteiger partial charge is 0.237 e. The normalized spacial score (nSPS) is 32.4. The Kier molecular flexibility index (Phi) is 5.64. The summed E-state index contributed by atoms with van der Waals surface area (Å²) in [6.07, 6.45) is 4.64. The first-order valence-corrected chi connectivity index (χ1v) is 7.96. The molecule has 2 aliphatic rings. The third kappa shape index (κ3) is 4.18.